The highest BCUT2D eigenvalue weighted by molar-refractivity contribution is 6.01. The summed E-state index contributed by atoms with van der Waals surface area (Å²) in [7, 11) is 2.04. The van der Waals surface area contributed by atoms with Crippen LogP contribution in [0.5, 0.6) is 0 Å². The molecule has 114 valence electrons. The van der Waals surface area contributed by atoms with Crippen LogP contribution in [-0.2, 0) is 0 Å². The van der Waals surface area contributed by atoms with Crippen LogP contribution in [0.2, 0.25) is 0 Å². The molecule has 1 aliphatic rings. The summed E-state index contributed by atoms with van der Waals surface area (Å²) in [5.41, 5.74) is 3.22. The first kappa shape index (κ1) is 13.3. The number of fused-ring (bicyclic) bond motifs is 1. The fourth-order valence-corrected chi connectivity index (χ4v) is 3.33. The molecule has 6 nitrogen and oxygen atoms in total. The van der Waals surface area contributed by atoms with Crippen molar-refractivity contribution in [3.8, 4) is 11.4 Å². The van der Waals surface area contributed by atoms with E-state index in [0.29, 0.717) is 6.04 Å². The number of nitrogens with one attached hydrogen (secondary N) is 3. The van der Waals surface area contributed by atoms with Crippen LogP contribution in [0.1, 0.15) is 12.8 Å². The van der Waals surface area contributed by atoms with Gasteiger partial charge in [-0.1, -0.05) is 0 Å². The van der Waals surface area contributed by atoms with Crippen molar-refractivity contribution in [1.82, 2.24) is 25.3 Å². The van der Waals surface area contributed by atoms with Crippen molar-refractivity contribution in [3.63, 3.8) is 0 Å². The lowest BCUT2D eigenvalue weighted by atomic mass is 10.0. The van der Waals surface area contributed by atoms with Crippen molar-refractivity contribution in [2.24, 2.45) is 0 Å². The second-order valence-electron chi connectivity index (χ2n) is 5.77. The Hall–Kier alpha value is -2.34. The van der Waals surface area contributed by atoms with Crippen LogP contribution in [0.3, 0.4) is 0 Å². The van der Waals surface area contributed by atoms with Crippen LogP contribution < -0.4 is 10.2 Å². The van der Waals surface area contributed by atoms with Crippen molar-refractivity contribution in [1.29, 1.82) is 0 Å². The smallest absolute Gasteiger partial charge is 0.140 e. The van der Waals surface area contributed by atoms with Gasteiger partial charge in [0.15, 0.2) is 0 Å². The second-order valence-corrected chi connectivity index (χ2v) is 5.77. The van der Waals surface area contributed by atoms with E-state index < -0.39 is 0 Å². The zero-order valence-corrected chi connectivity index (χ0v) is 12.6. The van der Waals surface area contributed by atoms with E-state index in [4.69, 9.17) is 0 Å². The monoisotopic (exact) mass is 296 g/mol. The highest BCUT2D eigenvalue weighted by Crippen LogP contribution is 2.34. The number of nitrogens with zero attached hydrogens (tertiary/aromatic N) is 3. The van der Waals surface area contributed by atoms with E-state index in [1.165, 1.54) is 18.5 Å². The Kier molecular flexibility index (Phi) is 3.31. The predicted molar refractivity (Wildman–Crippen MR) is 88.0 cm³/mol. The fourth-order valence-electron chi connectivity index (χ4n) is 3.33. The average Bonchev–Trinajstić information content (AvgIpc) is 3.23. The number of hydrogen-bond acceptors (Lipinski definition) is 4. The molecule has 1 aliphatic heterocycles. The van der Waals surface area contributed by atoms with Crippen molar-refractivity contribution >= 4 is 16.7 Å². The van der Waals surface area contributed by atoms with Gasteiger partial charge in [0.1, 0.15) is 11.5 Å². The van der Waals surface area contributed by atoms with Gasteiger partial charge in [-0.05, 0) is 26.0 Å². The van der Waals surface area contributed by atoms with Crippen LogP contribution in [0.15, 0.2) is 30.9 Å². The lowest BCUT2D eigenvalue weighted by Crippen LogP contribution is -2.44. The van der Waals surface area contributed by atoms with Crippen molar-refractivity contribution < 1.29 is 0 Å². The van der Waals surface area contributed by atoms with Gasteiger partial charge < -0.3 is 20.2 Å². The standard InChI is InChI=1S/C16H20N6/c1-17-11-3-2-8-22(10-11)13-4-5-18-16-14(13)12(9-21-16)15-19-6-7-20-15/h4-7,9,11,17H,2-3,8,10H2,1H3,(H,18,21)(H,19,20)/t11-/m1/s1. The van der Waals surface area contributed by atoms with Crippen molar-refractivity contribution in [2.45, 2.75) is 18.9 Å². The zero-order valence-electron chi connectivity index (χ0n) is 12.6. The summed E-state index contributed by atoms with van der Waals surface area (Å²) in [4.78, 5) is 17.8. The van der Waals surface area contributed by atoms with E-state index in [2.05, 4.69) is 36.2 Å². The summed E-state index contributed by atoms with van der Waals surface area (Å²) in [6, 6.07) is 2.66. The number of likely N-dealkylation sites (N-methyl/N-ethyl adjacent to an activating group) is 1. The van der Waals surface area contributed by atoms with Gasteiger partial charge >= 0.3 is 0 Å². The fraction of sp³-hybridized carbons (Fsp3) is 0.375. The predicted octanol–water partition coefficient (Wildman–Crippen LogP) is 2.14. The van der Waals surface area contributed by atoms with Crippen molar-refractivity contribution in [3.05, 3.63) is 30.9 Å². The van der Waals surface area contributed by atoms with Gasteiger partial charge in [0.2, 0.25) is 0 Å². The number of rotatable bonds is 3. The minimum Gasteiger partial charge on any atom is -0.369 e. The van der Waals surface area contributed by atoms with Crippen LogP contribution in [-0.4, -0.2) is 46.1 Å². The molecule has 0 unspecified atom stereocenters. The Labute approximate surface area is 129 Å². The maximum absolute atomic E-state index is 4.47. The molecule has 0 aliphatic carbocycles. The maximum Gasteiger partial charge on any atom is 0.140 e. The average molecular weight is 296 g/mol. The maximum atomic E-state index is 4.47. The third-order valence-corrected chi connectivity index (χ3v) is 4.48. The van der Waals surface area contributed by atoms with Crippen LogP contribution in [0.25, 0.3) is 22.4 Å². The lowest BCUT2D eigenvalue weighted by Gasteiger charge is -2.34. The summed E-state index contributed by atoms with van der Waals surface area (Å²) in [5.74, 6) is 0.877. The molecule has 0 saturated carbocycles. The molecule has 0 spiro atoms. The highest BCUT2D eigenvalue weighted by Gasteiger charge is 2.22. The summed E-state index contributed by atoms with van der Waals surface area (Å²) >= 11 is 0. The molecule has 1 fully saturated rings. The minimum atomic E-state index is 0.544. The largest absolute Gasteiger partial charge is 0.369 e. The quantitative estimate of drug-likeness (QED) is 0.692. The van der Waals surface area contributed by atoms with E-state index in [1.807, 2.05) is 25.6 Å². The molecule has 0 radical (unpaired) electrons. The molecule has 0 aromatic carbocycles. The zero-order chi connectivity index (χ0) is 14.9. The third-order valence-electron chi connectivity index (χ3n) is 4.48. The Morgan fingerprint density at radius 1 is 1.27 bits per heavy atom. The molecule has 22 heavy (non-hydrogen) atoms. The Morgan fingerprint density at radius 3 is 3.05 bits per heavy atom. The van der Waals surface area contributed by atoms with Gasteiger partial charge in [0, 0.05) is 49.5 Å². The number of aromatic amines is 2. The Bertz CT molecular complexity index is 760. The number of piperidine rings is 1. The molecule has 3 aromatic rings. The van der Waals surface area contributed by atoms with Gasteiger partial charge in [-0.15, -0.1) is 0 Å². The van der Waals surface area contributed by atoms with E-state index in [-0.39, 0.29) is 0 Å². The molecular weight excluding hydrogens is 276 g/mol. The first-order valence-corrected chi connectivity index (χ1v) is 7.75. The van der Waals surface area contributed by atoms with Gasteiger partial charge in [0.25, 0.3) is 0 Å². The van der Waals surface area contributed by atoms with Crippen LogP contribution in [0.4, 0.5) is 5.69 Å². The summed E-state index contributed by atoms with van der Waals surface area (Å²) < 4.78 is 0. The molecule has 1 atom stereocenters. The molecule has 0 bridgehead atoms. The summed E-state index contributed by atoms with van der Waals surface area (Å²) in [6.45, 7) is 2.11. The van der Waals surface area contributed by atoms with E-state index in [1.54, 1.807) is 6.20 Å². The first-order chi connectivity index (χ1) is 10.9. The third kappa shape index (κ3) is 2.16. The number of hydrogen-bond donors (Lipinski definition) is 3. The van der Waals surface area contributed by atoms with Gasteiger partial charge in [-0.25, -0.2) is 9.97 Å². The Morgan fingerprint density at radius 2 is 2.23 bits per heavy atom. The summed E-state index contributed by atoms with van der Waals surface area (Å²) in [6.07, 6.45) is 9.93. The topological polar surface area (TPSA) is 72.6 Å². The van der Waals surface area contributed by atoms with Gasteiger partial charge in [0.05, 0.1) is 11.1 Å². The number of imidazole rings is 1. The number of anilines is 1. The lowest BCUT2D eigenvalue weighted by molar-refractivity contribution is 0.450. The molecule has 4 heterocycles. The summed E-state index contributed by atoms with van der Waals surface area (Å²) in [5, 5.41) is 4.55. The molecule has 3 N–H and O–H groups in total. The van der Waals surface area contributed by atoms with Gasteiger partial charge in [-0.2, -0.15) is 0 Å². The minimum absolute atomic E-state index is 0.544. The van der Waals surface area contributed by atoms with E-state index >= 15 is 0 Å². The SMILES string of the molecule is CN[C@@H]1CCCN(c2ccnc3[nH]cc(-c4ncc[nH]4)c23)C1. The number of H-pyrrole nitrogens is 2. The second kappa shape index (κ2) is 5.46. The van der Waals surface area contributed by atoms with Crippen LogP contribution in [0, 0.1) is 0 Å². The van der Waals surface area contributed by atoms with Crippen LogP contribution >= 0.6 is 0 Å². The molecule has 0 amide bonds. The molecule has 1 saturated heterocycles. The normalized spacial score (nSPS) is 19.0. The Balaban J connectivity index is 1.82. The van der Waals surface area contributed by atoms with E-state index in [0.717, 1.165) is 35.5 Å². The van der Waals surface area contributed by atoms with Crippen molar-refractivity contribution in [2.75, 3.05) is 25.0 Å². The molecule has 6 heteroatoms. The van der Waals surface area contributed by atoms with E-state index in [9.17, 15) is 0 Å². The highest BCUT2D eigenvalue weighted by atomic mass is 15.2. The number of pyridine rings is 1. The molecular formula is C16H20N6. The molecule has 3 aromatic heterocycles. The first-order valence-electron chi connectivity index (χ1n) is 7.75. The van der Waals surface area contributed by atoms with Gasteiger partial charge in [-0.3, -0.25) is 0 Å². The number of aromatic nitrogens is 4. The molecule has 4 rings (SSSR count).